The number of hydrogen-bond donors (Lipinski definition) is 1. The lowest BCUT2D eigenvalue weighted by Crippen LogP contribution is -2.18. The number of anilines is 1. The Labute approximate surface area is 124 Å². The number of nitrogens with one attached hydrogen (secondary N) is 1. The van der Waals surface area contributed by atoms with E-state index in [2.05, 4.69) is 44.8 Å². The van der Waals surface area contributed by atoms with Crippen molar-refractivity contribution in [2.24, 2.45) is 0 Å². The van der Waals surface area contributed by atoms with Crippen LogP contribution in [0.1, 0.15) is 29.1 Å². The Hall–Kier alpha value is -1.39. The topological polar surface area (TPSA) is 28.2 Å². The number of benzene rings is 1. The molecule has 106 valence electrons. The van der Waals surface area contributed by atoms with E-state index in [-0.39, 0.29) is 0 Å². The number of hydrogen-bond acceptors (Lipinski definition) is 4. The molecule has 1 aliphatic rings. The molecular weight excluding hydrogens is 266 g/mol. The number of nitrogens with zero attached hydrogens (tertiary/aromatic N) is 2. The summed E-state index contributed by atoms with van der Waals surface area (Å²) in [7, 11) is 0. The zero-order valence-corrected chi connectivity index (χ0v) is 12.7. The molecule has 0 radical (unpaired) electrons. The Morgan fingerprint density at radius 2 is 1.95 bits per heavy atom. The van der Waals surface area contributed by atoms with Crippen molar-refractivity contribution in [2.45, 2.75) is 32.9 Å². The molecule has 0 amide bonds. The lowest BCUT2D eigenvalue weighted by molar-refractivity contribution is 0.331. The van der Waals surface area contributed by atoms with Gasteiger partial charge in [-0.3, -0.25) is 4.90 Å². The molecule has 2 aromatic rings. The molecule has 3 nitrogen and oxygen atoms in total. The van der Waals surface area contributed by atoms with Crippen LogP contribution in [0.15, 0.2) is 29.6 Å². The molecule has 1 aliphatic heterocycles. The third kappa shape index (κ3) is 3.58. The van der Waals surface area contributed by atoms with Crippen LogP contribution in [0.4, 0.5) is 5.69 Å². The third-order valence-electron chi connectivity index (χ3n) is 3.70. The Morgan fingerprint density at radius 1 is 1.20 bits per heavy atom. The molecule has 1 saturated heterocycles. The SMILES string of the molecule is Cc1nc(CNc2ccc(CN3CCCC3)cc2)cs1. The number of aromatic nitrogens is 1. The van der Waals surface area contributed by atoms with Crippen LogP contribution in [-0.4, -0.2) is 23.0 Å². The summed E-state index contributed by atoms with van der Waals surface area (Å²) in [5.74, 6) is 0. The summed E-state index contributed by atoms with van der Waals surface area (Å²) in [6.45, 7) is 6.44. The van der Waals surface area contributed by atoms with Gasteiger partial charge in [-0.1, -0.05) is 12.1 Å². The average molecular weight is 287 g/mol. The molecule has 3 rings (SSSR count). The largest absolute Gasteiger partial charge is 0.379 e. The summed E-state index contributed by atoms with van der Waals surface area (Å²) in [6.07, 6.45) is 2.71. The van der Waals surface area contributed by atoms with Gasteiger partial charge >= 0.3 is 0 Å². The van der Waals surface area contributed by atoms with Crippen molar-refractivity contribution in [2.75, 3.05) is 18.4 Å². The molecule has 1 aromatic carbocycles. The second-order valence-corrected chi connectivity index (χ2v) is 6.45. The molecule has 0 spiro atoms. The van der Waals surface area contributed by atoms with Gasteiger partial charge < -0.3 is 5.32 Å². The lowest BCUT2D eigenvalue weighted by atomic mass is 10.2. The van der Waals surface area contributed by atoms with Gasteiger partial charge in [0.2, 0.25) is 0 Å². The standard InChI is InChI=1S/C16H21N3S/c1-13-18-16(12-20-13)10-17-15-6-4-14(5-7-15)11-19-8-2-3-9-19/h4-7,12,17H,2-3,8-11H2,1H3. The molecular formula is C16H21N3S. The molecule has 2 heterocycles. The average Bonchev–Trinajstić information content (AvgIpc) is 3.10. The zero-order chi connectivity index (χ0) is 13.8. The van der Waals surface area contributed by atoms with E-state index in [0.717, 1.165) is 23.8 Å². The van der Waals surface area contributed by atoms with Crippen molar-refractivity contribution in [3.05, 3.63) is 45.9 Å². The van der Waals surface area contributed by atoms with E-state index in [1.54, 1.807) is 11.3 Å². The van der Waals surface area contributed by atoms with Gasteiger partial charge in [0.1, 0.15) is 0 Å². The van der Waals surface area contributed by atoms with E-state index in [4.69, 9.17) is 0 Å². The zero-order valence-electron chi connectivity index (χ0n) is 11.9. The van der Waals surface area contributed by atoms with Crippen molar-refractivity contribution in [1.82, 2.24) is 9.88 Å². The highest BCUT2D eigenvalue weighted by atomic mass is 32.1. The van der Waals surface area contributed by atoms with E-state index in [0.29, 0.717) is 0 Å². The van der Waals surface area contributed by atoms with Gasteiger partial charge in [0, 0.05) is 17.6 Å². The second kappa shape index (κ2) is 6.37. The minimum atomic E-state index is 0.801. The van der Waals surface area contributed by atoms with Gasteiger partial charge in [-0.2, -0.15) is 0 Å². The molecule has 20 heavy (non-hydrogen) atoms. The smallest absolute Gasteiger partial charge is 0.0898 e. The van der Waals surface area contributed by atoms with E-state index in [1.807, 2.05) is 6.92 Å². The molecule has 0 bridgehead atoms. The summed E-state index contributed by atoms with van der Waals surface area (Å²) in [6, 6.07) is 8.80. The quantitative estimate of drug-likeness (QED) is 0.909. The van der Waals surface area contributed by atoms with Gasteiger partial charge in [0.15, 0.2) is 0 Å². The fourth-order valence-corrected chi connectivity index (χ4v) is 3.22. The van der Waals surface area contributed by atoms with E-state index >= 15 is 0 Å². The predicted molar refractivity (Wildman–Crippen MR) is 85.1 cm³/mol. The van der Waals surface area contributed by atoms with Gasteiger partial charge in [-0.05, 0) is 50.6 Å². The van der Waals surface area contributed by atoms with Crippen molar-refractivity contribution < 1.29 is 0 Å². The summed E-state index contributed by atoms with van der Waals surface area (Å²) in [5, 5.41) is 6.67. The number of aryl methyl sites for hydroxylation is 1. The third-order valence-corrected chi connectivity index (χ3v) is 4.52. The van der Waals surface area contributed by atoms with Crippen LogP contribution in [0.2, 0.25) is 0 Å². The van der Waals surface area contributed by atoms with Gasteiger partial charge in [0.05, 0.1) is 17.2 Å². The van der Waals surface area contributed by atoms with Crippen LogP contribution in [0.5, 0.6) is 0 Å². The Morgan fingerprint density at radius 3 is 2.60 bits per heavy atom. The van der Waals surface area contributed by atoms with Crippen LogP contribution in [0.3, 0.4) is 0 Å². The predicted octanol–water partition coefficient (Wildman–Crippen LogP) is 3.66. The first-order valence-corrected chi connectivity index (χ1v) is 8.14. The first-order chi connectivity index (χ1) is 9.79. The molecule has 1 fully saturated rings. The summed E-state index contributed by atoms with van der Waals surface area (Å²) >= 11 is 1.70. The molecule has 0 unspecified atom stereocenters. The van der Waals surface area contributed by atoms with Crippen molar-refractivity contribution in [1.29, 1.82) is 0 Å². The summed E-state index contributed by atoms with van der Waals surface area (Å²) in [4.78, 5) is 6.99. The van der Waals surface area contributed by atoms with Crippen molar-refractivity contribution in [3.8, 4) is 0 Å². The van der Waals surface area contributed by atoms with E-state index < -0.39 is 0 Å². The van der Waals surface area contributed by atoms with Crippen LogP contribution >= 0.6 is 11.3 Å². The Bertz CT molecular complexity index is 541. The van der Waals surface area contributed by atoms with E-state index in [1.165, 1.54) is 37.2 Å². The maximum Gasteiger partial charge on any atom is 0.0898 e. The van der Waals surface area contributed by atoms with E-state index in [9.17, 15) is 0 Å². The van der Waals surface area contributed by atoms with Crippen LogP contribution in [-0.2, 0) is 13.1 Å². The van der Waals surface area contributed by atoms with Crippen molar-refractivity contribution in [3.63, 3.8) is 0 Å². The van der Waals surface area contributed by atoms with Crippen LogP contribution in [0, 0.1) is 6.92 Å². The molecule has 1 N–H and O–H groups in total. The highest BCUT2D eigenvalue weighted by Gasteiger charge is 2.11. The normalized spacial score (nSPS) is 15.7. The molecule has 0 saturated carbocycles. The maximum absolute atomic E-state index is 4.46. The summed E-state index contributed by atoms with van der Waals surface area (Å²) < 4.78 is 0. The summed E-state index contributed by atoms with van der Waals surface area (Å²) in [5.41, 5.74) is 3.69. The number of rotatable bonds is 5. The maximum atomic E-state index is 4.46. The van der Waals surface area contributed by atoms with Gasteiger partial charge in [0.25, 0.3) is 0 Å². The van der Waals surface area contributed by atoms with Crippen LogP contribution < -0.4 is 5.32 Å². The lowest BCUT2D eigenvalue weighted by Gasteiger charge is -2.14. The minimum Gasteiger partial charge on any atom is -0.379 e. The van der Waals surface area contributed by atoms with Gasteiger partial charge in [-0.25, -0.2) is 4.98 Å². The second-order valence-electron chi connectivity index (χ2n) is 5.39. The molecule has 0 atom stereocenters. The minimum absolute atomic E-state index is 0.801. The van der Waals surface area contributed by atoms with Gasteiger partial charge in [-0.15, -0.1) is 11.3 Å². The molecule has 0 aliphatic carbocycles. The highest BCUT2D eigenvalue weighted by Crippen LogP contribution is 2.16. The molecule has 1 aromatic heterocycles. The first kappa shape index (κ1) is 13.6. The Kier molecular flexibility index (Phi) is 4.33. The fraction of sp³-hybridized carbons (Fsp3) is 0.438. The number of thiazole rings is 1. The first-order valence-electron chi connectivity index (χ1n) is 7.26. The fourth-order valence-electron chi connectivity index (χ4n) is 2.61. The highest BCUT2D eigenvalue weighted by molar-refractivity contribution is 7.09. The number of likely N-dealkylation sites (tertiary alicyclic amines) is 1. The monoisotopic (exact) mass is 287 g/mol. The Balaban J connectivity index is 1.52. The van der Waals surface area contributed by atoms with Crippen molar-refractivity contribution >= 4 is 17.0 Å². The van der Waals surface area contributed by atoms with Crippen LogP contribution in [0.25, 0.3) is 0 Å². The molecule has 4 heteroatoms.